The molecule has 1 aliphatic heterocycles. The zero-order chi connectivity index (χ0) is 17.1. The van der Waals surface area contributed by atoms with Gasteiger partial charge in [0, 0.05) is 25.3 Å². The quantitative estimate of drug-likeness (QED) is 0.863. The number of benzene rings is 1. The van der Waals surface area contributed by atoms with Crippen LogP contribution in [0.25, 0.3) is 0 Å². The Balaban J connectivity index is 1.39. The molecule has 25 heavy (non-hydrogen) atoms. The van der Waals surface area contributed by atoms with Crippen molar-refractivity contribution in [3.63, 3.8) is 0 Å². The van der Waals surface area contributed by atoms with E-state index in [9.17, 15) is 4.79 Å². The van der Waals surface area contributed by atoms with Gasteiger partial charge in [0.2, 0.25) is 5.91 Å². The summed E-state index contributed by atoms with van der Waals surface area (Å²) in [6, 6.07) is 10.8. The number of nitrogens with one attached hydrogen (secondary N) is 2. The molecule has 1 heterocycles. The van der Waals surface area contributed by atoms with Gasteiger partial charge in [0.25, 0.3) is 0 Å². The zero-order valence-electron chi connectivity index (χ0n) is 15.0. The average Bonchev–Trinajstić information content (AvgIpc) is 3.47. The Morgan fingerprint density at radius 1 is 0.960 bits per heavy atom. The number of ether oxygens (including phenoxy) is 1. The molecule has 1 amide bonds. The Hall–Kier alpha value is -1.39. The molecule has 0 aromatic heterocycles. The van der Waals surface area contributed by atoms with Gasteiger partial charge in [-0.3, -0.25) is 10.1 Å². The molecule has 3 aliphatic rings. The highest BCUT2D eigenvalue weighted by molar-refractivity contribution is 5.83. The maximum Gasteiger partial charge on any atom is 0.241 e. The lowest BCUT2D eigenvalue weighted by Crippen LogP contribution is -2.46. The highest BCUT2D eigenvalue weighted by Gasteiger charge is 2.38. The minimum Gasteiger partial charge on any atom is -0.381 e. The minimum absolute atomic E-state index is 0.139. The van der Waals surface area contributed by atoms with Crippen LogP contribution in [0.15, 0.2) is 30.3 Å². The maximum absolute atomic E-state index is 12.8. The van der Waals surface area contributed by atoms with Gasteiger partial charge in [-0.1, -0.05) is 30.3 Å². The first-order valence-electron chi connectivity index (χ1n) is 9.93. The molecule has 1 saturated heterocycles. The normalized spacial score (nSPS) is 24.8. The Bertz CT molecular complexity index is 569. The first-order valence-corrected chi connectivity index (χ1v) is 9.93. The van der Waals surface area contributed by atoms with Gasteiger partial charge in [-0.2, -0.15) is 0 Å². The second-order valence-electron chi connectivity index (χ2n) is 8.18. The molecule has 4 nitrogen and oxygen atoms in total. The standard InChI is InChI=1S/C21H30N2O2/c24-20(23-17-6-7-17)19(16-4-2-1-3-5-16)22-18-8-10-21(11-9-18)12-14-25-15-13-21/h1-5,17-19,22H,6-15H2,(H,23,24)/t19-/m1/s1. The molecule has 4 rings (SSSR count). The molecule has 1 aromatic rings. The smallest absolute Gasteiger partial charge is 0.241 e. The summed E-state index contributed by atoms with van der Waals surface area (Å²) in [7, 11) is 0. The molecule has 2 saturated carbocycles. The SMILES string of the molecule is O=C(NC1CC1)[C@H](NC1CCC2(CCOCC2)CC1)c1ccccc1. The Labute approximate surface area is 150 Å². The van der Waals surface area contributed by atoms with Crippen molar-refractivity contribution in [1.82, 2.24) is 10.6 Å². The Morgan fingerprint density at radius 2 is 1.64 bits per heavy atom. The summed E-state index contributed by atoms with van der Waals surface area (Å²) in [4.78, 5) is 12.8. The van der Waals surface area contributed by atoms with Gasteiger partial charge >= 0.3 is 0 Å². The first kappa shape index (κ1) is 17.0. The van der Waals surface area contributed by atoms with Crippen molar-refractivity contribution in [2.45, 2.75) is 69.5 Å². The van der Waals surface area contributed by atoms with Gasteiger partial charge in [-0.15, -0.1) is 0 Å². The molecule has 1 aromatic carbocycles. The van der Waals surface area contributed by atoms with E-state index >= 15 is 0 Å². The van der Waals surface area contributed by atoms with Crippen LogP contribution in [0, 0.1) is 5.41 Å². The van der Waals surface area contributed by atoms with E-state index in [2.05, 4.69) is 22.8 Å². The lowest BCUT2D eigenvalue weighted by molar-refractivity contribution is -0.123. The fraction of sp³-hybridized carbons (Fsp3) is 0.667. The number of amides is 1. The molecule has 2 aliphatic carbocycles. The predicted molar refractivity (Wildman–Crippen MR) is 98.2 cm³/mol. The Kier molecular flexibility index (Phi) is 5.09. The van der Waals surface area contributed by atoms with E-state index in [1.807, 2.05) is 18.2 Å². The highest BCUT2D eigenvalue weighted by atomic mass is 16.5. The Morgan fingerprint density at radius 3 is 2.28 bits per heavy atom. The predicted octanol–water partition coefficient (Wildman–Crippen LogP) is 3.34. The van der Waals surface area contributed by atoms with Crippen LogP contribution in [0.3, 0.4) is 0 Å². The summed E-state index contributed by atoms with van der Waals surface area (Å²) in [5.74, 6) is 0.139. The van der Waals surface area contributed by atoms with E-state index in [1.54, 1.807) is 0 Å². The number of hydrogen-bond acceptors (Lipinski definition) is 3. The van der Waals surface area contributed by atoms with E-state index in [-0.39, 0.29) is 11.9 Å². The van der Waals surface area contributed by atoms with Gasteiger partial charge < -0.3 is 10.1 Å². The van der Waals surface area contributed by atoms with E-state index < -0.39 is 0 Å². The fourth-order valence-electron chi connectivity index (χ4n) is 4.42. The fourth-order valence-corrected chi connectivity index (χ4v) is 4.42. The van der Waals surface area contributed by atoms with Crippen molar-refractivity contribution in [3.05, 3.63) is 35.9 Å². The van der Waals surface area contributed by atoms with Crippen LogP contribution in [-0.4, -0.2) is 31.2 Å². The molecule has 2 N–H and O–H groups in total. The van der Waals surface area contributed by atoms with Gasteiger partial charge in [0.05, 0.1) is 0 Å². The van der Waals surface area contributed by atoms with Crippen LogP contribution in [0.2, 0.25) is 0 Å². The number of carbonyl (C=O) groups excluding carboxylic acids is 1. The summed E-state index contributed by atoms with van der Waals surface area (Å²) in [6.45, 7) is 1.85. The molecule has 4 heteroatoms. The molecule has 0 unspecified atom stereocenters. The van der Waals surface area contributed by atoms with Crippen LogP contribution in [0.5, 0.6) is 0 Å². The molecule has 3 fully saturated rings. The van der Waals surface area contributed by atoms with E-state index in [4.69, 9.17) is 4.74 Å². The lowest BCUT2D eigenvalue weighted by atomic mass is 9.68. The highest BCUT2D eigenvalue weighted by Crippen LogP contribution is 2.44. The van der Waals surface area contributed by atoms with Crippen LogP contribution in [0.1, 0.15) is 63.0 Å². The summed E-state index contributed by atoms with van der Waals surface area (Å²) in [6.07, 6.45) is 9.54. The maximum atomic E-state index is 12.8. The van der Waals surface area contributed by atoms with Gasteiger partial charge in [-0.25, -0.2) is 0 Å². The first-order chi connectivity index (χ1) is 12.2. The van der Waals surface area contributed by atoms with Gasteiger partial charge in [-0.05, 0) is 62.3 Å². The molecule has 136 valence electrons. The summed E-state index contributed by atoms with van der Waals surface area (Å²) in [5, 5.41) is 6.86. The summed E-state index contributed by atoms with van der Waals surface area (Å²) >= 11 is 0. The van der Waals surface area contributed by atoms with Crippen LogP contribution < -0.4 is 10.6 Å². The third-order valence-corrected chi connectivity index (χ3v) is 6.32. The van der Waals surface area contributed by atoms with Crippen LogP contribution >= 0.6 is 0 Å². The van der Waals surface area contributed by atoms with Crippen molar-refractivity contribution in [2.24, 2.45) is 5.41 Å². The molecule has 0 bridgehead atoms. The number of carbonyl (C=O) groups is 1. The third kappa shape index (κ3) is 4.24. The van der Waals surface area contributed by atoms with E-state index in [1.165, 1.54) is 38.5 Å². The molecule has 1 spiro atoms. The van der Waals surface area contributed by atoms with Crippen LogP contribution in [-0.2, 0) is 9.53 Å². The molecule has 0 radical (unpaired) electrons. The molecular formula is C21H30N2O2. The molecule has 1 atom stereocenters. The summed E-state index contributed by atoms with van der Waals surface area (Å²) in [5.41, 5.74) is 1.58. The van der Waals surface area contributed by atoms with Crippen molar-refractivity contribution < 1.29 is 9.53 Å². The second-order valence-corrected chi connectivity index (χ2v) is 8.18. The van der Waals surface area contributed by atoms with Crippen molar-refractivity contribution >= 4 is 5.91 Å². The largest absolute Gasteiger partial charge is 0.381 e. The average molecular weight is 342 g/mol. The lowest BCUT2D eigenvalue weighted by Gasteiger charge is -2.43. The summed E-state index contributed by atoms with van der Waals surface area (Å²) < 4.78 is 5.55. The van der Waals surface area contributed by atoms with Crippen molar-refractivity contribution in [2.75, 3.05) is 13.2 Å². The monoisotopic (exact) mass is 342 g/mol. The third-order valence-electron chi connectivity index (χ3n) is 6.32. The second kappa shape index (κ2) is 7.46. The van der Waals surface area contributed by atoms with Crippen molar-refractivity contribution in [3.8, 4) is 0 Å². The number of hydrogen-bond donors (Lipinski definition) is 2. The van der Waals surface area contributed by atoms with E-state index in [0.717, 1.165) is 31.6 Å². The van der Waals surface area contributed by atoms with Gasteiger partial charge in [0.15, 0.2) is 0 Å². The molecular weight excluding hydrogens is 312 g/mol. The topological polar surface area (TPSA) is 50.4 Å². The van der Waals surface area contributed by atoms with E-state index in [0.29, 0.717) is 17.5 Å². The van der Waals surface area contributed by atoms with Crippen LogP contribution in [0.4, 0.5) is 0 Å². The minimum atomic E-state index is -0.226. The number of rotatable bonds is 5. The van der Waals surface area contributed by atoms with Gasteiger partial charge in [0.1, 0.15) is 6.04 Å². The van der Waals surface area contributed by atoms with Crippen molar-refractivity contribution in [1.29, 1.82) is 0 Å². The zero-order valence-corrected chi connectivity index (χ0v) is 15.0.